The van der Waals surface area contributed by atoms with Crippen molar-refractivity contribution in [3.8, 4) is 0 Å². The summed E-state index contributed by atoms with van der Waals surface area (Å²) in [5, 5.41) is 0. The van der Waals surface area contributed by atoms with Crippen molar-refractivity contribution in [3.63, 3.8) is 0 Å². The molecule has 0 unspecified atom stereocenters. The molecule has 72 valence electrons. The summed E-state index contributed by atoms with van der Waals surface area (Å²) in [5.74, 6) is 0. The quantitative estimate of drug-likeness (QED) is 0.509. The number of nitrogens with two attached hydrogens (primary N) is 2. The van der Waals surface area contributed by atoms with Crippen molar-refractivity contribution in [1.82, 2.24) is 0 Å². The van der Waals surface area contributed by atoms with Crippen LogP contribution in [-0.2, 0) is 4.79 Å². The topological polar surface area (TPSA) is 69.1 Å². The van der Waals surface area contributed by atoms with Crippen LogP contribution in [0.2, 0.25) is 0 Å². The normalized spacial score (nSPS) is 5.43. The van der Waals surface area contributed by atoms with E-state index in [0.717, 1.165) is 0 Å². The predicted molar refractivity (Wildman–Crippen MR) is 74.7 cm³/mol. The molecule has 1 aromatic carbocycles. The van der Waals surface area contributed by atoms with Crippen molar-refractivity contribution in [1.29, 1.82) is 0 Å². The molecule has 1 aromatic rings. The number of hydrogen-bond acceptors (Lipinski definition) is 3. The Kier molecular flexibility index (Phi) is 41.5. The predicted octanol–water partition coefficient (Wildman–Crippen LogP) is 0.130. The number of nitrogen functional groups attached to an aromatic ring is 2. The third kappa shape index (κ3) is 15.7. The van der Waals surface area contributed by atoms with Crippen LogP contribution in [0.3, 0.4) is 0 Å². The van der Waals surface area contributed by atoms with E-state index in [4.69, 9.17) is 16.3 Å². The van der Waals surface area contributed by atoms with Gasteiger partial charge < -0.3 is 16.3 Å². The Bertz CT molecular complexity index is 199. The van der Waals surface area contributed by atoms with Gasteiger partial charge in [0, 0.05) is 70.5 Å². The van der Waals surface area contributed by atoms with Crippen molar-refractivity contribution in [3.05, 3.63) is 24.3 Å². The van der Waals surface area contributed by atoms with Gasteiger partial charge in [0.25, 0.3) is 0 Å². The third-order valence-corrected chi connectivity index (χ3v) is 0.911. The number of benzene rings is 1. The molecule has 1 rings (SSSR count). The summed E-state index contributed by atoms with van der Waals surface area (Å²) >= 11 is 0. The summed E-state index contributed by atoms with van der Waals surface area (Å²) in [7, 11) is 0. The fourth-order valence-corrected chi connectivity index (χ4v) is 0.559. The molecular weight excluding hydrogens is 238 g/mol. The van der Waals surface area contributed by atoms with Gasteiger partial charge in [0.05, 0.1) is 0 Å². The minimum Gasteiger partial charge on any atom is -0.399 e. The van der Waals surface area contributed by atoms with Crippen LogP contribution in [0.5, 0.6) is 0 Å². The Morgan fingerprint density at radius 3 is 1.36 bits per heavy atom. The van der Waals surface area contributed by atoms with Gasteiger partial charge in [-0.1, -0.05) is 6.07 Å². The maximum atomic E-state index is 8.00. The van der Waals surface area contributed by atoms with Crippen LogP contribution < -0.4 is 11.5 Å². The fourth-order valence-electron chi connectivity index (χ4n) is 0.559. The SMILES string of the molecule is C=O.Nc1cccc(N)c1.S.S.[Na].[Na]. The molecule has 0 amide bonds. The van der Waals surface area contributed by atoms with Crippen molar-refractivity contribution in [2.24, 2.45) is 0 Å². The molecule has 3 nitrogen and oxygen atoms in total. The smallest absolute Gasteiger partial charge is 0.106 e. The van der Waals surface area contributed by atoms with Crippen LogP contribution in [-0.4, -0.2) is 65.9 Å². The molecule has 0 saturated heterocycles. The minimum absolute atomic E-state index is 0. The van der Waals surface area contributed by atoms with Crippen molar-refractivity contribution in [2.75, 3.05) is 11.5 Å². The Morgan fingerprint density at radius 1 is 0.929 bits per heavy atom. The minimum atomic E-state index is 0. The number of rotatable bonds is 0. The number of hydrogen-bond donors (Lipinski definition) is 2. The molecule has 0 bridgehead atoms. The standard InChI is InChI=1S/C6H8N2.CH2O.2Na.2H2S/c7-5-2-1-3-6(8)4-5;1-2;;;;/h1-4H,7-8H2;1H2;;;2*1H2. The average Bonchev–Trinajstić information content (AvgIpc) is 1.91. The van der Waals surface area contributed by atoms with Crippen LogP contribution in [0.4, 0.5) is 11.4 Å². The molecule has 0 aliphatic rings. The van der Waals surface area contributed by atoms with E-state index in [9.17, 15) is 0 Å². The van der Waals surface area contributed by atoms with Crippen molar-refractivity contribution < 1.29 is 4.79 Å². The average molecular weight is 252 g/mol. The molecule has 7 heteroatoms. The summed E-state index contributed by atoms with van der Waals surface area (Å²) in [4.78, 5) is 8.00. The zero-order valence-electron chi connectivity index (χ0n) is 8.58. The van der Waals surface area contributed by atoms with Crippen LogP contribution >= 0.6 is 27.0 Å². The van der Waals surface area contributed by atoms with Crippen LogP contribution in [0.25, 0.3) is 0 Å². The zero-order valence-corrected chi connectivity index (χ0v) is 14.6. The Labute approximate surface area is 143 Å². The maximum Gasteiger partial charge on any atom is 0.106 e. The molecule has 0 aliphatic heterocycles. The molecule has 0 saturated carbocycles. The molecule has 2 radical (unpaired) electrons. The van der Waals surface area contributed by atoms with E-state index in [1.807, 2.05) is 12.9 Å². The van der Waals surface area contributed by atoms with Gasteiger partial charge in [0.2, 0.25) is 0 Å². The molecule has 0 fully saturated rings. The molecule has 0 spiro atoms. The summed E-state index contributed by atoms with van der Waals surface area (Å²) in [6.45, 7) is 2.00. The molecule has 0 atom stereocenters. The fraction of sp³-hybridized carbons (Fsp3) is 0. The molecule has 4 N–H and O–H groups in total. The van der Waals surface area contributed by atoms with Crippen LogP contribution in [0.1, 0.15) is 0 Å². The van der Waals surface area contributed by atoms with E-state index in [-0.39, 0.29) is 86.1 Å². The monoisotopic (exact) mass is 252 g/mol. The van der Waals surface area contributed by atoms with Crippen molar-refractivity contribution >= 4 is 104 Å². The molecule has 0 aromatic heterocycles. The number of carbonyl (C=O) groups is 1. The van der Waals surface area contributed by atoms with Gasteiger partial charge in [-0.15, -0.1) is 0 Å². The molecule has 0 heterocycles. The third-order valence-electron chi connectivity index (χ3n) is 0.911. The summed E-state index contributed by atoms with van der Waals surface area (Å²) in [5.41, 5.74) is 12.2. The van der Waals surface area contributed by atoms with Gasteiger partial charge in [-0.3, -0.25) is 0 Å². The van der Waals surface area contributed by atoms with Gasteiger partial charge in [-0.05, 0) is 18.2 Å². The van der Waals surface area contributed by atoms with Gasteiger partial charge in [-0.2, -0.15) is 27.0 Å². The van der Waals surface area contributed by atoms with E-state index < -0.39 is 0 Å². The van der Waals surface area contributed by atoms with Gasteiger partial charge in [0.1, 0.15) is 6.79 Å². The summed E-state index contributed by atoms with van der Waals surface area (Å²) in [6, 6.07) is 7.15. The molecule has 0 aliphatic carbocycles. The summed E-state index contributed by atoms with van der Waals surface area (Å²) in [6.07, 6.45) is 0. The second-order valence-corrected chi connectivity index (χ2v) is 1.67. The second kappa shape index (κ2) is 19.7. The molecular formula is C7H14N2Na2OS2. The van der Waals surface area contributed by atoms with Gasteiger partial charge in [0.15, 0.2) is 0 Å². The first kappa shape index (κ1) is 29.5. The van der Waals surface area contributed by atoms with E-state index in [1.54, 1.807) is 18.2 Å². The number of carbonyl (C=O) groups excluding carboxylic acids is 1. The largest absolute Gasteiger partial charge is 0.399 e. The molecule has 14 heavy (non-hydrogen) atoms. The first-order chi connectivity index (χ1) is 4.79. The first-order valence-electron chi connectivity index (χ1n) is 2.69. The Balaban J connectivity index is -0.0000000425. The Hall–Kier alpha value is 1.19. The van der Waals surface area contributed by atoms with E-state index >= 15 is 0 Å². The maximum absolute atomic E-state index is 8.00. The van der Waals surface area contributed by atoms with Crippen LogP contribution in [0, 0.1) is 0 Å². The Morgan fingerprint density at radius 2 is 1.21 bits per heavy atom. The number of anilines is 2. The van der Waals surface area contributed by atoms with E-state index in [0.29, 0.717) is 11.4 Å². The van der Waals surface area contributed by atoms with E-state index in [2.05, 4.69) is 0 Å². The van der Waals surface area contributed by atoms with Gasteiger partial charge in [-0.25, -0.2) is 0 Å². The van der Waals surface area contributed by atoms with E-state index in [1.165, 1.54) is 0 Å². The zero-order chi connectivity index (χ0) is 7.98. The van der Waals surface area contributed by atoms with Gasteiger partial charge >= 0.3 is 0 Å². The van der Waals surface area contributed by atoms with Crippen molar-refractivity contribution in [2.45, 2.75) is 0 Å². The van der Waals surface area contributed by atoms with Crippen LogP contribution in [0.15, 0.2) is 24.3 Å². The second-order valence-electron chi connectivity index (χ2n) is 1.67. The summed E-state index contributed by atoms with van der Waals surface area (Å²) < 4.78 is 0. The first-order valence-corrected chi connectivity index (χ1v) is 2.69.